The minimum absolute atomic E-state index is 0.106. The fraction of sp³-hybridized carbons (Fsp3) is 0.750. The summed E-state index contributed by atoms with van der Waals surface area (Å²) in [5.41, 5.74) is 0. The lowest BCUT2D eigenvalue weighted by Crippen LogP contribution is -2.34. The molecule has 0 radical (unpaired) electrons. The number of nitrogens with one attached hydrogen (secondary N) is 2. The number of carbonyl (C=O) groups is 1. The van der Waals surface area contributed by atoms with E-state index in [1.807, 2.05) is 23.5 Å². The molecule has 1 aromatic rings. The zero-order valence-electron chi connectivity index (χ0n) is 11.1. The molecule has 2 saturated heterocycles. The zero-order valence-corrected chi connectivity index (χ0v) is 12.8. The van der Waals surface area contributed by atoms with E-state index in [1.165, 1.54) is 5.75 Å². The van der Waals surface area contributed by atoms with Crippen molar-refractivity contribution in [2.45, 2.75) is 24.1 Å². The molecule has 0 bridgehead atoms. The summed E-state index contributed by atoms with van der Waals surface area (Å²) in [4.78, 5) is 16.2. The van der Waals surface area contributed by atoms with Gasteiger partial charge in [0.2, 0.25) is 5.89 Å². The van der Waals surface area contributed by atoms with Gasteiger partial charge >= 0.3 is 0 Å². The lowest BCUT2D eigenvalue weighted by Gasteiger charge is -2.20. The van der Waals surface area contributed by atoms with Crippen LogP contribution < -0.4 is 10.6 Å². The summed E-state index contributed by atoms with van der Waals surface area (Å²) < 4.78 is 5.17. The van der Waals surface area contributed by atoms with Gasteiger partial charge in [0, 0.05) is 29.1 Å². The van der Waals surface area contributed by atoms with Crippen molar-refractivity contribution in [3.63, 3.8) is 0 Å². The number of hydrogen-bond donors (Lipinski definition) is 2. The van der Waals surface area contributed by atoms with E-state index in [0.29, 0.717) is 17.7 Å². The summed E-state index contributed by atoms with van der Waals surface area (Å²) in [6, 6.07) is 0.106. The predicted octanol–water partition coefficient (Wildman–Crippen LogP) is 1.07. The van der Waals surface area contributed by atoms with Crippen molar-refractivity contribution in [1.82, 2.24) is 20.8 Å². The molecule has 2 fully saturated rings. The summed E-state index contributed by atoms with van der Waals surface area (Å²) in [6.07, 6.45) is 2.09. The normalized spacial score (nSPS) is 26.6. The first-order valence-corrected chi connectivity index (χ1v) is 9.08. The molecule has 8 heteroatoms. The van der Waals surface area contributed by atoms with Crippen LogP contribution in [0.15, 0.2) is 4.52 Å². The Labute approximate surface area is 126 Å². The van der Waals surface area contributed by atoms with Crippen LogP contribution in [0.5, 0.6) is 0 Å². The fourth-order valence-electron chi connectivity index (χ4n) is 2.30. The maximum atomic E-state index is 12.0. The Balaban J connectivity index is 1.51. The van der Waals surface area contributed by atoms with Gasteiger partial charge in [-0.15, -0.1) is 0 Å². The van der Waals surface area contributed by atoms with Gasteiger partial charge in [-0.05, 0) is 19.4 Å². The molecule has 20 heavy (non-hydrogen) atoms. The number of aromatic nitrogens is 2. The van der Waals surface area contributed by atoms with Crippen molar-refractivity contribution < 1.29 is 9.32 Å². The predicted molar refractivity (Wildman–Crippen MR) is 80.2 cm³/mol. The first-order chi connectivity index (χ1) is 9.83. The van der Waals surface area contributed by atoms with Gasteiger partial charge in [0.05, 0.1) is 6.04 Å². The van der Waals surface area contributed by atoms with E-state index in [2.05, 4.69) is 20.8 Å². The highest BCUT2D eigenvalue weighted by atomic mass is 32.2. The Kier molecular flexibility index (Phi) is 4.85. The van der Waals surface area contributed by atoms with Crippen molar-refractivity contribution in [3.05, 3.63) is 11.7 Å². The molecule has 1 amide bonds. The SMILES string of the molecule is O=C(NCC1CSCCS1)c1noc(C2CCCN2)n1. The molecule has 0 spiro atoms. The van der Waals surface area contributed by atoms with Crippen LogP contribution in [0.25, 0.3) is 0 Å². The number of hydrogen-bond acceptors (Lipinski definition) is 7. The summed E-state index contributed by atoms with van der Waals surface area (Å²) in [5.74, 6) is 3.88. The second-order valence-corrected chi connectivity index (χ2v) is 7.44. The fourth-order valence-corrected chi connectivity index (χ4v) is 4.92. The molecule has 3 heterocycles. The Bertz CT molecular complexity index is 456. The quantitative estimate of drug-likeness (QED) is 0.860. The number of nitrogens with zero attached hydrogens (tertiary/aromatic N) is 2. The molecule has 3 rings (SSSR count). The van der Waals surface area contributed by atoms with Crippen molar-refractivity contribution in [3.8, 4) is 0 Å². The van der Waals surface area contributed by atoms with E-state index < -0.39 is 0 Å². The standard InChI is InChI=1S/C12H18N4O2S2/c17-11(14-6-8-7-19-4-5-20-8)10-15-12(18-16-10)9-2-1-3-13-9/h8-9,13H,1-7H2,(H,14,17). The topological polar surface area (TPSA) is 80.0 Å². The third kappa shape index (κ3) is 3.48. The second kappa shape index (κ2) is 6.82. The average Bonchev–Trinajstić information content (AvgIpc) is 3.16. The molecule has 0 aromatic carbocycles. The van der Waals surface area contributed by atoms with Gasteiger partial charge in [0.15, 0.2) is 0 Å². The van der Waals surface area contributed by atoms with E-state index in [4.69, 9.17) is 4.52 Å². The number of thioether (sulfide) groups is 2. The van der Waals surface area contributed by atoms with Gasteiger partial charge in [-0.25, -0.2) is 0 Å². The monoisotopic (exact) mass is 314 g/mol. The van der Waals surface area contributed by atoms with Gasteiger partial charge in [-0.1, -0.05) is 5.16 Å². The van der Waals surface area contributed by atoms with E-state index in [9.17, 15) is 4.79 Å². The Morgan fingerprint density at radius 2 is 2.45 bits per heavy atom. The van der Waals surface area contributed by atoms with Gasteiger partial charge < -0.3 is 15.2 Å². The molecule has 2 aliphatic heterocycles. The van der Waals surface area contributed by atoms with Gasteiger partial charge in [-0.3, -0.25) is 4.79 Å². The lowest BCUT2D eigenvalue weighted by atomic mass is 10.2. The van der Waals surface area contributed by atoms with Gasteiger partial charge in [-0.2, -0.15) is 28.5 Å². The highest BCUT2D eigenvalue weighted by Gasteiger charge is 2.24. The Hall–Kier alpha value is -0.730. The average molecular weight is 314 g/mol. The zero-order chi connectivity index (χ0) is 13.8. The molecule has 2 aliphatic rings. The van der Waals surface area contributed by atoms with Crippen LogP contribution in [0.1, 0.15) is 35.4 Å². The van der Waals surface area contributed by atoms with Crippen LogP contribution in [0.3, 0.4) is 0 Å². The van der Waals surface area contributed by atoms with E-state index >= 15 is 0 Å². The van der Waals surface area contributed by atoms with Crippen LogP contribution in [-0.2, 0) is 0 Å². The van der Waals surface area contributed by atoms with Crippen LogP contribution in [-0.4, -0.2) is 51.6 Å². The molecule has 2 unspecified atom stereocenters. The molecular weight excluding hydrogens is 296 g/mol. The first kappa shape index (κ1) is 14.2. The van der Waals surface area contributed by atoms with E-state index in [1.54, 1.807) is 0 Å². The Morgan fingerprint density at radius 1 is 1.50 bits per heavy atom. The van der Waals surface area contributed by atoms with Gasteiger partial charge in [0.25, 0.3) is 11.7 Å². The summed E-state index contributed by atoms with van der Waals surface area (Å²) in [5, 5.41) is 10.4. The lowest BCUT2D eigenvalue weighted by molar-refractivity contribution is 0.0941. The van der Waals surface area contributed by atoms with Crippen LogP contribution >= 0.6 is 23.5 Å². The minimum Gasteiger partial charge on any atom is -0.348 e. The van der Waals surface area contributed by atoms with Crippen molar-refractivity contribution in [1.29, 1.82) is 0 Å². The van der Waals surface area contributed by atoms with Crippen LogP contribution in [0, 0.1) is 0 Å². The summed E-state index contributed by atoms with van der Waals surface area (Å²) in [7, 11) is 0. The van der Waals surface area contributed by atoms with E-state index in [-0.39, 0.29) is 17.8 Å². The smallest absolute Gasteiger partial charge is 0.292 e. The number of carbonyl (C=O) groups excluding carboxylic acids is 1. The molecule has 110 valence electrons. The van der Waals surface area contributed by atoms with Crippen molar-refractivity contribution >= 4 is 29.4 Å². The largest absolute Gasteiger partial charge is 0.348 e. The van der Waals surface area contributed by atoms with Gasteiger partial charge in [0.1, 0.15) is 0 Å². The maximum absolute atomic E-state index is 12.0. The summed E-state index contributed by atoms with van der Waals surface area (Å²) >= 11 is 3.86. The molecule has 1 aromatic heterocycles. The Morgan fingerprint density at radius 3 is 3.20 bits per heavy atom. The maximum Gasteiger partial charge on any atom is 0.292 e. The molecule has 2 N–H and O–H groups in total. The molecule has 6 nitrogen and oxygen atoms in total. The molecule has 0 saturated carbocycles. The highest BCUT2D eigenvalue weighted by molar-refractivity contribution is 8.06. The molecule has 0 aliphatic carbocycles. The number of amides is 1. The third-order valence-corrected chi connectivity index (χ3v) is 6.22. The van der Waals surface area contributed by atoms with Crippen LogP contribution in [0.2, 0.25) is 0 Å². The van der Waals surface area contributed by atoms with Crippen molar-refractivity contribution in [2.75, 3.05) is 30.3 Å². The van der Waals surface area contributed by atoms with Crippen LogP contribution in [0.4, 0.5) is 0 Å². The molecular formula is C12H18N4O2S2. The number of rotatable bonds is 4. The summed E-state index contributed by atoms with van der Waals surface area (Å²) in [6.45, 7) is 1.63. The first-order valence-electron chi connectivity index (χ1n) is 6.87. The third-order valence-electron chi connectivity index (χ3n) is 3.38. The minimum atomic E-state index is -0.242. The van der Waals surface area contributed by atoms with E-state index in [0.717, 1.165) is 30.9 Å². The molecule has 2 atom stereocenters. The highest BCUT2D eigenvalue weighted by Crippen LogP contribution is 2.23. The second-order valence-electron chi connectivity index (χ2n) is 4.88. The van der Waals surface area contributed by atoms with Crippen molar-refractivity contribution in [2.24, 2.45) is 0 Å².